The van der Waals surface area contributed by atoms with Gasteiger partial charge in [-0.1, -0.05) is 0 Å². The number of aliphatic hydroxyl groups excluding tert-OH is 1. The molecular formula is C17H24ClNO5. The third-order valence-corrected chi connectivity index (χ3v) is 3.24. The fourth-order valence-electron chi connectivity index (χ4n) is 1.86. The van der Waals surface area contributed by atoms with Gasteiger partial charge in [0.2, 0.25) is 0 Å². The fourth-order valence-corrected chi connectivity index (χ4v) is 2.04. The molecule has 0 saturated heterocycles. The molecule has 7 heteroatoms. The van der Waals surface area contributed by atoms with Gasteiger partial charge < -0.3 is 19.9 Å². The molecule has 0 aliphatic carbocycles. The quantitative estimate of drug-likeness (QED) is 0.576. The number of ether oxygens (including phenoxy) is 2. The van der Waals surface area contributed by atoms with E-state index < -0.39 is 29.7 Å². The lowest BCUT2D eigenvalue weighted by Crippen LogP contribution is -2.45. The maximum atomic E-state index is 12.2. The van der Waals surface area contributed by atoms with Crippen LogP contribution >= 0.6 is 11.6 Å². The fraction of sp³-hybridized carbons (Fsp3) is 0.529. The zero-order chi connectivity index (χ0) is 18.3. The molecule has 2 atom stereocenters. The standard InChI is InChI=1S/C17H24ClNO5/c1-5-23-15(21)11-6-8-12(9-7-11)19-14(13(20)10-18)16(22)24-17(2,3)4/h6-9,13-14,19-20H,5,10H2,1-4H3. The van der Waals surface area contributed by atoms with E-state index in [4.69, 9.17) is 21.1 Å². The molecule has 6 nitrogen and oxygen atoms in total. The minimum absolute atomic E-state index is 0.127. The van der Waals surface area contributed by atoms with E-state index in [2.05, 4.69) is 5.32 Å². The van der Waals surface area contributed by atoms with E-state index in [0.717, 1.165) is 0 Å². The van der Waals surface area contributed by atoms with Crippen molar-refractivity contribution in [2.45, 2.75) is 45.4 Å². The molecule has 0 bridgehead atoms. The number of anilines is 1. The van der Waals surface area contributed by atoms with Gasteiger partial charge in [-0.25, -0.2) is 9.59 Å². The molecule has 2 N–H and O–H groups in total. The van der Waals surface area contributed by atoms with Gasteiger partial charge >= 0.3 is 11.9 Å². The molecule has 0 spiro atoms. The highest BCUT2D eigenvalue weighted by Crippen LogP contribution is 2.16. The Labute approximate surface area is 147 Å². The van der Waals surface area contributed by atoms with Crippen LogP contribution in [0.1, 0.15) is 38.1 Å². The van der Waals surface area contributed by atoms with E-state index in [1.807, 2.05) is 0 Å². The number of benzene rings is 1. The van der Waals surface area contributed by atoms with Gasteiger partial charge in [-0.2, -0.15) is 0 Å². The topological polar surface area (TPSA) is 84.9 Å². The summed E-state index contributed by atoms with van der Waals surface area (Å²) < 4.78 is 10.2. The van der Waals surface area contributed by atoms with Crippen LogP contribution < -0.4 is 5.32 Å². The number of rotatable bonds is 7. The van der Waals surface area contributed by atoms with Crippen LogP contribution in [0.25, 0.3) is 0 Å². The lowest BCUT2D eigenvalue weighted by molar-refractivity contribution is -0.158. The second kappa shape index (κ2) is 8.89. The first-order valence-corrected chi connectivity index (χ1v) is 8.22. The molecule has 0 saturated carbocycles. The van der Waals surface area contributed by atoms with E-state index >= 15 is 0 Å². The summed E-state index contributed by atoms with van der Waals surface area (Å²) in [4.78, 5) is 23.9. The number of esters is 2. The highest BCUT2D eigenvalue weighted by Gasteiger charge is 2.30. The van der Waals surface area contributed by atoms with Gasteiger partial charge in [-0.3, -0.25) is 0 Å². The molecule has 24 heavy (non-hydrogen) atoms. The van der Waals surface area contributed by atoms with Crippen molar-refractivity contribution in [3.05, 3.63) is 29.8 Å². The minimum Gasteiger partial charge on any atom is -0.462 e. The third kappa shape index (κ3) is 6.37. The summed E-state index contributed by atoms with van der Waals surface area (Å²) in [6.45, 7) is 7.24. The first-order chi connectivity index (χ1) is 11.2. The van der Waals surface area contributed by atoms with Crippen LogP contribution in [0.3, 0.4) is 0 Å². The average Bonchev–Trinajstić information content (AvgIpc) is 2.51. The largest absolute Gasteiger partial charge is 0.462 e. The number of aliphatic hydroxyl groups is 1. The maximum absolute atomic E-state index is 12.2. The molecule has 0 aliphatic rings. The first-order valence-electron chi connectivity index (χ1n) is 7.68. The van der Waals surface area contributed by atoms with Gasteiger partial charge in [0.1, 0.15) is 5.60 Å². The van der Waals surface area contributed by atoms with Gasteiger partial charge in [0.25, 0.3) is 0 Å². The van der Waals surface area contributed by atoms with E-state index in [-0.39, 0.29) is 5.88 Å². The molecule has 134 valence electrons. The van der Waals surface area contributed by atoms with Crippen LogP contribution in [0, 0.1) is 0 Å². The van der Waals surface area contributed by atoms with Crippen molar-refractivity contribution >= 4 is 29.2 Å². The Balaban J connectivity index is 2.87. The van der Waals surface area contributed by atoms with Gasteiger partial charge in [0.05, 0.1) is 24.2 Å². The number of nitrogens with one attached hydrogen (secondary N) is 1. The summed E-state index contributed by atoms with van der Waals surface area (Å²) in [7, 11) is 0. The molecule has 2 unspecified atom stereocenters. The van der Waals surface area contributed by atoms with Crippen molar-refractivity contribution in [1.29, 1.82) is 0 Å². The summed E-state index contributed by atoms with van der Waals surface area (Å²) in [5.74, 6) is -1.16. The molecule has 0 amide bonds. The lowest BCUT2D eigenvalue weighted by Gasteiger charge is -2.27. The number of carbonyl (C=O) groups is 2. The molecular weight excluding hydrogens is 334 g/mol. The number of hydrogen-bond donors (Lipinski definition) is 2. The number of carbonyl (C=O) groups excluding carboxylic acids is 2. The Morgan fingerprint density at radius 3 is 2.29 bits per heavy atom. The molecule has 0 fully saturated rings. The summed E-state index contributed by atoms with van der Waals surface area (Å²) >= 11 is 5.67. The van der Waals surface area contributed by atoms with Gasteiger partial charge in [0.15, 0.2) is 6.04 Å². The van der Waals surface area contributed by atoms with Crippen LogP contribution in [-0.4, -0.2) is 47.3 Å². The summed E-state index contributed by atoms with van der Waals surface area (Å²) in [5, 5.41) is 12.9. The SMILES string of the molecule is CCOC(=O)c1ccc(NC(C(=O)OC(C)(C)C)C(O)CCl)cc1. The lowest BCUT2D eigenvalue weighted by atomic mass is 10.1. The van der Waals surface area contributed by atoms with Crippen molar-refractivity contribution in [3.8, 4) is 0 Å². The second-order valence-corrected chi connectivity index (χ2v) is 6.48. The van der Waals surface area contributed by atoms with Gasteiger partial charge in [-0.15, -0.1) is 11.6 Å². The predicted octanol–water partition coefficient (Wildman–Crippen LogP) is 2.59. The van der Waals surface area contributed by atoms with E-state index in [1.165, 1.54) is 0 Å². The van der Waals surface area contributed by atoms with E-state index in [1.54, 1.807) is 52.0 Å². The van der Waals surface area contributed by atoms with Crippen LogP contribution in [0.2, 0.25) is 0 Å². The highest BCUT2D eigenvalue weighted by atomic mass is 35.5. The van der Waals surface area contributed by atoms with Crippen LogP contribution in [0.15, 0.2) is 24.3 Å². The van der Waals surface area contributed by atoms with E-state index in [9.17, 15) is 14.7 Å². The third-order valence-electron chi connectivity index (χ3n) is 2.92. The van der Waals surface area contributed by atoms with Crippen molar-refractivity contribution in [1.82, 2.24) is 0 Å². The number of alkyl halides is 1. The summed E-state index contributed by atoms with van der Waals surface area (Å²) in [6, 6.07) is 5.35. The normalized spacial score (nSPS) is 13.8. The predicted molar refractivity (Wildman–Crippen MR) is 92.4 cm³/mol. The maximum Gasteiger partial charge on any atom is 0.338 e. The van der Waals surface area contributed by atoms with Crippen molar-refractivity contribution in [2.75, 3.05) is 17.8 Å². The average molecular weight is 358 g/mol. The Kier molecular flexibility index (Phi) is 7.51. The van der Waals surface area contributed by atoms with E-state index in [0.29, 0.717) is 17.9 Å². The number of hydrogen-bond acceptors (Lipinski definition) is 6. The van der Waals surface area contributed by atoms with Crippen LogP contribution in [0.5, 0.6) is 0 Å². The first kappa shape index (κ1) is 20.3. The Bertz CT molecular complexity index is 553. The van der Waals surface area contributed by atoms with Gasteiger partial charge in [0, 0.05) is 5.69 Å². The molecule has 1 rings (SSSR count). The van der Waals surface area contributed by atoms with Crippen LogP contribution in [-0.2, 0) is 14.3 Å². The molecule has 0 aliphatic heterocycles. The second-order valence-electron chi connectivity index (χ2n) is 6.17. The summed E-state index contributed by atoms with van der Waals surface area (Å²) in [5.41, 5.74) is 0.258. The highest BCUT2D eigenvalue weighted by molar-refractivity contribution is 6.18. The smallest absolute Gasteiger partial charge is 0.338 e. The zero-order valence-electron chi connectivity index (χ0n) is 14.3. The Morgan fingerprint density at radius 2 is 1.83 bits per heavy atom. The van der Waals surface area contributed by atoms with Crippen molar-refractivity contribution in [3.63, 3.8) is 0 Å². The monoisotopic (exact) mass is 357 g/mol. The molecule has 1 aromatic carbocycles. The molecule has 1 aromatic rings. The van der Waals surface area contributed by atoms with Crippen molar-refractivity contribution < 1.29 is 24.2 Å². The van der Waals surface area contributed by atoms with Crippen LogP contribution in [0.4, 0.5) is 5.69 Å². The zero-order valence-corrected chi connectivity index (χ0v) is 15.1. The molecule has 0 heterocycles. The molecule has 0 aromatic heterocycles. The van der Waals surface area contributed by atoms with Gasteiger partial charge in [-0.05, 0) is 52.0 Å². The Hall–Kier alpha value is -1.79. The van der Waals surface area contributed by atoms with Crippen molar-refractivity contribution in [2.24, 2.45) is 0 Å². The molecule has 0 radical (unpaired) electrons. The minimum atomic E-state index is -1.12. The number of halogens is 1. The summed E-state index contributed by atoms with van der Waals surface area (Å²) in [6.07, 6.45) is -1.12. The Morgan fingerprint density at radius 1 is 1.25 bits per heavy atom.